The Kier molecular flexibility index (Phi) is 8.10. The van der Waals surface area contributed by atoms with E-state index in [0.717, 1.165) is 43.9 Å². The summed E-state index contributed by atoms with van der Waals surface area (Å²) in [6, 6.07) is 4.48. The van der Waals surface area contributed by atoms with Gasteiger partial charge < -0.3 is 19.4 Å². The molecule has 0 aromatic heterocycles. The zero-order chi connectivity index (χ0) is 20.8. The summed E-state index contributed by atoms with van der Waals surface area (Å²) < 4.78 is 16.7. The molecule has 1 fully saturated rings. The van der Waals surface area contributed by atoms with Gasteiger partial charge in [-0.3, -0.25) is 9.69 Å². The second-order valence-corrected chi connectivity index (χ2v) is 7.94. The minimum Gasteiger partial charge on any atom is -0.493 e. The van der Waals surface area contributed by atoms with E-state index >= 15 is 0 Å². The van der Waals surface area contributed by atoms with Crippen LogP contribution >= 0.6 is 0 Å². The van der Waals surface area contributed by atoms with E-state index in [-0.39, 0.29) is 18.1 Å². The number of nitrogens with two attached hydrogens (primary N) is 1. The molecule has 158 valence electrons. The van der Waals surface area contributed by atoms with Crippen molar-refractivity contribution in [2.45, 2.75) is 52.2 Å². The lowest BCUT2D eigenvalue weighted by Gasteiger charge is -2.47. The molecule has 2 aliphatic rings. The monoisotopic (exact) mass is 394 g/mol. The number of carbonyl (C=O) groups excluding carboxylic acids is 1. The van der Waals surface area contributed by atoms with E-state index in [1.54, 1.807) is 14.2 Å². The van der Waals surface area contributed by atoms with E-state index in [0.29, 0.717) is 11.8 Å². The fourth-order valence-electron chi connectivity index (χ4n) is 4.60. The van der Waals surface area contributed by atoms with Gasteiger partial charge in [0, 0.05) is 38.4 Å². The molecular formula is C21H34N2O5. The topological polar surface area (TPSA) is 94.3 Å². The summed E-state index contributed by atoms with van der Waals surface area (Å²) in [5.74, 6) is 5.86. The molecule has 0 bridgehead atoms. The van der Waals surface area contributed by atoms with Gasteiger partial charge in [0.05, 0.1) is 14.2 Å². The third kappa shape index (κ3) is 4.96. The van der Waals surface area contributed by atoms with Crippen molar-refractivity contribution in [1.82, 2.24) is 4.90 Å². The van der Waals surface area contributed by atoms with Crippen LogP contribution in [0.3, 0.4) is 0 Å². The second kappa shape index (κ2) is 10.1. The molecule has 2 aliphatic heterocycles. The first kappa shape index (κ1) is 22.5. The van der Waals surface area contributed by atoms with Crippen LogP contribution in [-0.4, -0.2) is 49.5 Å². The van der Waals surface area contributed by atoms with Crippen LogP contribution in [-0.2, 0) is 16.0 Å². The number of esters is 1. The first-order valence-electron chi connectivity index (χ1n) is 9.84. The van der Waals surface area contributed by atoms with Gasteiger partial charge in [0.15, 0.2) is 11.5 Å². The van der Waals surface area contributed by atoms with Gasteiger partial charge in [-0.25, -0.2) is 5.90 Å². The summed E-state index contributed by atoms with van der Waals surface area (Å²) in [4.78, 5) is 14.2. The number of piperidine rings is 1. The number of hydrogen-bond donors (Lipinski definition) is 2. The Morgan fingerprint density at radius 1 is 1.25 bits per heavy atom. The van der Waals surface area contributed by atoms with Gasteiger partial charge in [-0.1, -0.05) is 13.8 Å². The highest BCUT2D eigenvalue weighted by atomic mass is 16.5. The van der Waals surface area contributed by atoms with Gasteiger partial charge in [0.1, 0.15) is 6.10 Å². The number of fused-ring (bicyclic) bond motifs is 3. The number of rotatable bonds is 5. The van der Waals surface area contributed by atoms with Crippen LogP contribution in [0.25, 0.3) is 0 Å². The van der Waals surface area contributed by atoms with Crippen molar-refractivity contribution in [2.24, 2.45) is 17.7 Å². The molecule has 0 saturated carbocycles. The molecule has 3 unspecified atom stereocenters. The molecule has 0 amide bonds. The number of nitrogens with zero attached hydrogens (tertiary/aromatic N) is 1. The van der Waals surface area contributed by atoms with Crippen molar-refractivity contribution in [3.63, 3.8) is 0 Å². The van der Waals surface area contributed by atoms with Crippen LogP contribution in [0.5, 0.6) is 11.5 Å². The molecule has 0 aliphatic carbocycles. The van der Waals surface area contributed by atoms with Gasteiger partial charge in [0.25, 0.3) is 0 Å². The summed E-state index contributed by atoms with van der Waals surface area (Å²) in [7, 11) is 3.35. The maximum atomic E-state index is 11.7. The van der Waals surface area contributed by atoms with Gasteiger partial charge in [-0.15, -0.1) is 0 Å². The summed E-state index contributed by atoms with van der Waals surface area (Å²) in [6.07, 6.45) is 2.92. The summed E-state index contributed by atoms with van der Waals surface area (Å²) in [5.41, 5.74) is 2.60. The molecule has 2 heterocycles. The lowest BCUT2D eigenvalue weighted by Crippen LogP contribution is -2.49. The summed E-state index contributed by atoms with van der Waals surface area (Å²) in [5, 5.41) is 6.50. The largest absolute Gasteiger partial charge is 0.493 e. The lowest BCUT2D eigenvalue weighted by molar-refractivity contribution is -0.154. The number of hydrogen-bond acceptors (Lipinski definition) is 7. The minimum absolute atomic E-state index is 0.0183. The average Bonchev–Trinajstić information content (AvgIpc) is 2.68. The molecule has 1 aromatic rings. The molecule has 1 saturated heterocycles. The standard InChI is InChI=1S/C21H31NO4.H3NO/c1-13(2)8-16-12-22-7-6-15-9-20(24-4)21(25-5)10-17(15)18(22)11-19(16)26-14(3)23;1-2/h9-10,13,16,18-19H,6-8,11-12H2,1-5H3;2H,1H2. The van der Waals surface area contributed by atoms with Crippen LogP contribution in [0.4, 0.5) is 0 Å². The van der Waals surface area contributed by atoms with Crippen molar-refractivity contribution in [3.05, 3.63) is 23.3 Å². The van der Waals surface area contributed by atoms with Crippen molar-refractivity contribution in [1.29, 1.82) is 0 Å². The van der Waals surface area contributed by atoms with Crippen molar-refractivity contribution in [3.8, 4) is 11.5 Å². The van der Waals surface area contributed by atoms with Gasteiger partial charge in [-0.05, 0) is 42.0 Å². The number of carbonyl (C=O) groups is 1. The van der Waals surface area contributed by atoms with Crippen molar-refractivity contribution >= 4 is 5.97 Å². The molecule has 3 rings (SSSR count). The van der Waals surface area contributed by atoms with Gasteiger partial charge in [0.2, 0.25) is 0 Å². The van der Waals surface area contributed by atoms with E-state index in [9.17, 15) is 4.79 Å². The highest BCUT2D eigenvalue weighted by molar-refractivity contribution is 5.66. The van der Waals surface area contributed by atoms with Crippen LogP contribution in [0.2, 0.25) is 0 Å². The quantitative estimate of drug-likeness (QED) is 0.586. The average molecular weight is 395 g/mol. The van der Waals surface area contributed by atoms with Crippen LogP contribution < -0.4 is 15.4 Å². The molecule has 0 spiro atoms. The number of benzene rings is 1. The first-order chi connectivity index (χ1) is 13.4. The maximum Gasteiger partial charge on any atom is 0.302 e. The molecule has 28 heavy (non-hydrogen) atoms. The fraction of sp³-hybridized carbons (Fsp3) is 0.667. The van der Waals surface area contributed by atoms with Crippen LogP contribution in [0.1, 0.15) is 50.8 Å². The summed E-state index contributed by atoms with van der Waals surface area (Å²) in [6.45, 7) is 8.00. The molecule has 3 atom stereocenters. The predicted octanol–water partition coefficient (Wildman–Crippen LogP) is 2.94. The summed E-state index contributed by atoms with van der Waals surface area (Å²) >= 11 is 0. The predicted molar refractivity (Wildman–Crippen MR) is 107 cm³/mol. The second-order valence-electron chi connectivity index (χ2n) is 7.94. The van der Waals surface area contributed by atoms with E-state index in [4.69, 9.17) is 19.4 Å². The zero-order valence-electron chi connectivity index (χ0n) is 17.6. The molecule has 0 radical (unpaired) electrons. The molecule has 7 nitrogen and oxygen atoms in total. The highest BCUT2D eigenvalue weighted by Gasteiger charge is 2.40. The van der Waals surface area contributed by atoms with E-state index in [2.05, 4.69) is 36.8 Å². The van der Waals surface area contributed by atoms with E-state index in [1.165, 1.54) is 18.1 Å². The Morgan fingerprint density at radius 3 is 2.46 bits per heavy atom. The normalized spacial score (nSPS) is 23.8. The van der Waals surface area contributed by atoms with Crippen LogP contribution in [0.15, 0.2) is 12.1 Å². The Morgan fingerprint density at radius 2 is 1.89 bits per heavy atom. The number of methoxy groups -OCH3 is 2. The Labute approximate surface area is 167 Å². The number of ether oxygens (including phenoxy) is 3. The third-order valence-corrected chi connectivity index (χ3v) is 5.66. The zero-order valence-corrected chi connectivity index (χ0v) is 17.6. The van der Waals surface area contributed by atoms with Crippen molar-refractivity contribution in [2.75, 3.05) is 27.3 Å². The molecular weight excluding hydrogens is 360 g/mol. The minimum atomic E-state index is -0.180. The lowest BCUT2D eigenvalue weighted by atomic mass is 9.79. The van der Waals surface area contributed by atoms with Crippen LogP contribution in [0, 0.1) is 11.8 Å². The SMILES string of the molecule is COc1cc2c(cc1OC)C1CC(OC(C)=O)C(CC(C)C)CN1CC2.NO. The first-order valence-corrected chi connectivity index (χ1v) is 9.84. The Balaban J connectivity index is 0.00000136. The van der Waals surface area contributed by atoms with Crippen molar-refractivity contribution < 1.29 is 24.2 Å². The molecule has 3 N–H and O–H groups in total. The van der Waals surface area contributed by atoms with E-state index in [1.807, 2.05) is 0 Å². The molecule has 7 heteroatoms. The highest BCUT2D eigenvalue weighted by Crippen LogP contribution is 2.44. The third-order valence-electron chi connectivity index (χ3n) is 5.66. The van der Waals surface area contributed by atoms with E-state index < -0.39 is 0 Å². The van der Waals surface area contributed by atoms with Gasteiger partial charge >= 0.3 is 5.97 Å². The Hall–Kier alpha value is -1.83. The fourth-order valence-corrected chi connectivity index (χ4v) is 4.60. The molecule has 1 aromatic carbocycles. The Bertz CT molecular complexity index is 664. The van der Waals surface area contributed by atoms with Gasteiger partial charge in [-0.2, -0.15) is 0 Å². The smallest absolute Gasteiger partial charge is 0.302 e. The maximum absolute atomic E-state index is 11.7.